The van der Waals surface area contributed by atoms with E-state index in [0.29, 0.717) is 6.42 Å². The second kappa shape index (κ2) is 7.06. The van der Waals surface area contributed by atoms with Gasteiger partial charge in [0.25, 0.3) is 5.91 Å². The van der Waals surface area contributed by atoms with E-state index in [4.69, 9.17) is 5.11 Å². The lowest BCUT2D eigenvalue weighted by atomic mass is 9.95. The van der Waals surface area contributed by atoms with Crippen molar-refractivity contribution in [3.05, 3.63) is 21.4 Å². The number of aliphatic hydroxyl groups excluding tert-OH is 1. The maximum atomic E-state index is 12.3. The normalized spacial score (nSPS) is 14.2. The molecule has 0 radical (unpaired) electrons. The molecule has 1 heterocycles. The monoisotopic (exact) mass is 283 g/mol. The van der Waals surface area contributed by atoms with Crippen LogP contribution in [0.15, 0.2) is 6.07 Å². The van der Waals surface area contributed by atoms with Gasteiger partial charge >= 0.3 is 0 Å². The van der Waals surface area contributed by atoms with Crippen LogP contribution in [0.2, 0.25) is 0 Å². The summed E-state index contributed by atoms with van der Waals surface area (Å²) < 4.78 is 0. The Kier molecular flexibility index (Phi) is 6.01. The molecular weight excluding hydrogens is 258 g/mol. The summed E-state index contributed by atoms with van der Waals surface area (Å²) in [5.74, 6) is -0.0201. The molecule has 0 aliphatic rings. The van der Waals surface area contributed by atoms with Crippen LogP contribution in [-0.4, -0.2) is 23.2 Å². The van der Waals surface area contributed by atoms with E-state index in [0.717, 1.165) is 24.1 Å². The van der Waals surface area contributed by atoms with Crippen LogP contribution in [-0.2, 0) is 6.42 Å². The molecule has 0 aliphatic carbocycles. The molecule has 4 heteroatoms. The second-order valence-electron chi connectivity index (χ2n) is 5.28. The van der Waals surface area contributed by atoms with Crippen molar-refractivity contribution in [1.82, 2.24) is 5.32 Å². The van der Waals surface area contributed by atoms with Gasteiger partial charge in [-0.25, -0.2) is 0 Å². The SMILES string of the molecule is CCCc1cc(C(=O)NC(C)(CC)CCO)sc1C. The first-order valence-electron chi connectivity index (χ1n) is 6.98. The number of thiophene rings is 1. The van der Waals surface area contributed by atoms with Gasteiger partial charge in [-0.15, -0.1) is 11.3 Å². The molecule has 19 heavy (non-hydrogen) atoms. The average molecular weight is 283 g/mol. The summed E-state index contributed by atoms with van der Waals surface area (Å²) in [5.41, 5.74) is 0.951. The third-order valence-corrected chi connectivity index (χ3v) is 4.71. The van der Waals surface area contributed by atoms with Crippen LogP contribution < -0.4 is 5.32 Å². The van der Waals surface area contributed by atoms with E-state index in [1.165, 1.54) is 10.4 Å². The number of amides is 1. The van der Waals surface area contributed by atoms with Gasteiger partial charge in [-0.3, -0.25) is 4.79 Å². The van der Waals surface area contributed by atoms with Gasteiger partial charge in [0.2, 0.25) is 0 Å². The molecule has 0 aromatic carbocycles. The summed E-state index contributed by atoms with van der Waals surface area (Å²) in [7, 11) is 0. The van der Waals surface area contributed by atoms with E-state index in [1.807, 2.05) is 19.9 Å². The van der Waals surface area contributed by atoms with Crippen molar-refractivity contribution in [1.29, 1.82) is 0 Å². The Morgan fingerprint density at radius 3 is 2.68 bits per heavy atom. The van der Waals surface area contributed by atoms with E-state index < -0.39 is 0 Å². The lowest BCUT2D eigenvalue weighted by Gasteiger charge is -2.28. The average Bonchev–Trinajstić information content (AvgIpc) is 2.72. The predicted octanol–water partition coefficient (Wildman–Crippen LogP) is 3.29. The highest BCUT2D eigenvalue weighted by Crippen LogP contribution is 2.24. The third kappa shape index (κ3) is 4.32. The number of carbonyl (C=O) groups excluding carboxylic acids is 1. The van der Waals surface area contributed by atoms with Crippen molar-refractivity contribution in [3.8, 4) is 0 Å². The van der Waals surface area contributed by atoms with Gasteiger partial charge in [-0.1, -0.05) is 20.3 Å². The van der Waals surface area contributed by atoms with Gasteiger partial charge in [0.15, 0.2) is 0 Å². The number of hydrogen-bond donors (Lipinski definition) is 2. The van der Waals surface area contributed by atoms with Crippen LogP contribution in [0.1, 0.15) is 60.1 Å². The Labute approximate surface area is 120 Å². The number of hydrogen-bond acceptors (Lipinski definition) is 3. The highest BCUT2D eigenvalue weighted by Gasteiger charge is 2.25. The predicted molar refractivity (Wildman–Crippen MR) is 80.9 cm³/mol. The van der Waals surface area contributed by atoms with Crippen LogP contribution in [0.25, 0.3) is 0 Å². The molecule has 0 spiro atoms. The molecule has 0 fully saturated rings. The molecule has 0 aliphatic heterocycles. The lowest BCUT2D eigenvalue weighted by Crippen LogP contribution is -2.45. The van der Waals surface area contributed by atoms with E-state index >= 15 is 0 Å². The Balaban J connectivity index is 2.80. The largest absolute Gasteiger partial charge is 0.396 e. The number of nitrogens with one attached hydrogen (secondary N) is 1. The van der Waals surface area contributed by atoms with Crippen LogP contribution in [0.3, 0.4) is 0 Å². The van der Waals surface area contributed by atoms with Crippen LogP contribution in [0.4, 0.5) is 0 Å². The highest BCUT2D eigenvalue weighted by molar-refractivity contribution is 7.14. The van der Waals surface area contributed by atoms with Gasteiger partial charge in [0, 0.05) is 17.0 Å². The maximum Gasteiger partial charge on any atom is 0.261 e. The summed E-state index contributed by atoms with van der Waals surface area (Å²) in [6, 6.07) is 2.01. The van der Waals surface area contributed by atoms with Gasteiger partial charge in [0.1, 0.15) is 0 Å². The van der Waals surface area contributed by atoms with E-state index in [-0.39, 0.29) is 18.1 Å². The number of aliphatic hydroxyl groups is 1. The fourth-order valence-corrected chi connectivity index (χ4v) is 3.03. The topological polar surface area (TPSA) is 49.3 Å². The first kappa shape index (κ1) is 16.2. The fraction of sp³-hybridized carbons (Fsp3) is 0.667. The molecule has 2 N–H and O–H groups in total. The zero-order valence-corrected chi connectivity index (χ0v) is 13.2. The molecule has 3 nitrogen and oxygen atoms in total. The lowest BCUT2D eigenvalue weighted by molar-refractivity contribution is 0.0890. The summed E-state index contributed by atoms with van der Waals surface area (Å²) in [4.78, 5) is 14.3. The Morgan fingerprint density at radius 1 is 1.47 bits per heavy atom. The van der Waals surface area contributed by atoms with Crippen LogP contribution in [0, 0.1) is 6.92 Å². The molecule has 0 saturated heterocycles. The minimum absolute atomic E-state index is 0.0201. The minimum atomic E-state index is -0.325. The molecule has 1 aromatic heterocycles. The molecular formula is C15H25NO2S. The van der Waals surface area contributed by atoms with Crippen molar-refractivity contribution >= 4 is 17.2 Å². The molecule has 0 bridgehead atoms. The molecule has 1 amide bonds. The fourth-order valence-electron chi connectivity index (χ4n) is 2.06. The van der Waals surface area contributed by atoms with Crippen molar-refractivity contribution in [2.24, 2.45) is 0 Å². The zero-order chi connectivity index (χ0) is 14.5. The third-order valence-electron chi connectivity index (χ3n) is 3.62. The maximum absolute atomic E-state index is 12.3. The van der Waals surface area contributed by atoms with Gasteiger partial charge < -0.3 is 10.4 Å². The van der Waals surface area contributed by atoms with Crippen molar-refractivity contribution < 1.29 is 9.90 Å². The first-order valence-corrected chi connectivity index (χ1v) is 7.80. The molecule has 0 saturated carbocycles. The molecule has 108 valence electrons. The number of aryl methyl sites for hydroxylation is 2. The van der Waals surface area contributed by atoms with Gasteiger partial charge in [-0.05, 0) is 44.7 Å². The standard InChI is InChI=1S/C15H25NO2S/c1-5-7-12-10-13(19-11(12)3)14(18)16-15(4,6-2)8-9-17/h10,17H,5-9H2,1-4H3,(H,16,18). The Bertz CT molecular complexity index is 428. The van der Waals surface area contributed by atoms with Crippen molar-refractivity contribution in [2.75, 3.05) is 6.61 Å². The summed E-state index contributed by atoms with van der Waals surface area (Å²) >= 11 is 1.56. The van der Waals surface area contributed by atoms with Gasteiger partial charge in [-0.2, -0.15) is 0 Å². The quantitative estimate of drug-likeness (QED) is 0.806. The van der Waals surface area contributed by atoms with Crippen LogP contribution >= 0.6 is 11.3 Å². The van der Waals surface area contributed by atoms with Crippen molar-refractivity contribution in [2.45, 2.75) is 58.9 Å². The Morgan fingerprint density at radius 2 is 2.16 bits per heavy atom. The second-order valence-corrected chi connectivity index (χ2v) is 6.54. The summed E-state index contributed by atoms with van der Waals surface area (Å²) in [6.45, 7) is 8.31. The van der Waals surface area contributed by atoms with Gasteiger partial charge in [0.05, 0.1) is 4.88 Å². The zero-order valence-electron chi connectivity index (χ0n) is 12.4. The first-order chi connectivity index (χ1) is 8.95. The highest BCUT2D eigenvalue weighted by atomic mass is 32.1. The van der Waals surface area contributed by atoms with E-state index in [2.05, 4.69) is 19.2 Å². The number of carbonyl (C=O) groups is 1. The number of rotatable bonds is 7. The Hall–Kier alpha value is -0.870. The van der Waals surface area contributed by atoms with E-state index in [9.17, 15) is 4.79 Å². The van der Waals surface area contributed by atoms with Crippen LogP contribution in [0.5, 0.6) is 0 Å². The molecule has 1 aromatic rings. The molecule has 1 atom stereocenters. The minimum Gasteiger partial charge on any atom is -0.396 e. The smallest absolute Gasteiger partial charge is 0.261 e. The summed E-state index contributed by atoms with van der Waals surface area (Å²) in [6.07, 6.45) is 3.51. The van der Waals surface area contributed by atoms with Crippen molar-refractivity contribution in [3.63, 3.8) is 0 Å². The summed E-state index contributed by atoms with van der Waals surface area (Å²) in [5, 5.41) is 12.1. The van der Waals surface area contributed by atoms with E-state index in [1.54, 1.807) is 11.3 Å². The molecule has 1 unspecified atom stereocenters. The molecule has 1 rings (SSSR count).